The SMILES string of the molecule is C[C@@H]1NC(=O)Cn2c(C(=O)NCc3ccc(O)cn3)nc(NC(=O)c3nsc4ccccc34)c21. The van der Waals surface area contributed by atoms with Gasteiger partial charge in [-0.15, -0.1) is 0 Å². The Bertz CT molecular complexity index is 1430. The molecule has 172 valence electrons. The van der Waals surface area contributed by atoms with E-state index in [0.29, 0.717) is 11.4 Å². The molecule has 1 atom stereocenters. The Morgan fingerprint density at radius 1 is 1.24 bits per heavy atom. The van der Waals surface area contributed by atoms with E-state index in [2.05, 4.69) is 30.3 Å². The molecule has 0 unspecified atom stereocenters. The van der Waals surface area contributed by atoms with Crippen molar-refractivity contribution in [1.29, 1.82) is 0 Å². The zero-order valence-corrected chi connectivity index (χ0v) is 18.7. The minimum absolute atomic E-state index is 0.00563. The molecule has 1 aromatic carbocycles. The second kappa shape index (κ2) is 8.56. The first-order chi connectivity index (χ1) is 16.4. The molecule has 4 aromatic rings. The normalized spacial score (nSPS) is 15.0. The van der Waals surface area contributed by atoms with Crippen LogP contribution in [0.5, 0.6) is 5.75 Å². The number of nitrogens with one attached hydrogen (secondary N) is 3. The molecule has 0 radical (unpaired) electrons. The van der Waals surface area contributed by atoms with Crippen molar-refractivity contribution in [2.75, 3.05) is 5.32 Å². The van der Waals surface area contributed by atoms with Gasteiger partial charge in [-0.25, -0.2) is 4.98 Å². The van der Waals surface area contributed by atoms with Crippen molar-refractivity contribution >= 4 is 45.2 Å². The van der Waals surface area contributed by atoms with E-state index in [9.17, 15) is 19.5 Å². The van der Waals surface area contributed by atoms with Crippen molar-refractivity contribution in [3.05, 3.63) is 65.5 Å². The molecule has 12 heteroatoms. The molecular formula is C22H19N7O4S. The van der Waals surface area contributed by atoms with Crippen molar-refractivity contribution in [3.8, 4) is 5.75 Å². The fraction of sp³-hybridized carbons (Fsp3) is 0.182. The summed E-state index contributed by atoms with van der Waals surface area (Å²) in [6.07, 6.45) is 1.28. The molecule has 0 aliphatic carbocycles. The first-order valence-corrected chi connectivity index (χ1v) is 11.2. The maximum atomic E-state index is 13.0. The second-order valence-corrected chi connectivity index (χ2v) is 8.52. The van der Waals surface area contributed by atoms with Crippen LogP contribution in [-0.4, -0.2) is 41.7 Å². The Morgan fingerprint density at radius 3 is 2.85 bits per heavy atom. The van der Waals surface area contributed by atoms with Gasteiger partial charge in [0.05, 0.1) is 34.9 Å². The van der Waals surface area contributed by atoms with Gasteiger partial charge in [-0.3, -0.25) is 19.4 Å². The van der Waals surface area contributed by atoms with E-state index in [-0.39, 0.29) is 42.1 Å². The third-order valence-electron chi connectivity index (χ3n) is 5.36. The maximum absolute atomic E-state index is 13.0. The summed E-state index contributed by atoms with van der Waals surface area (Å²) in [5.74, 6) is -1.06. The van der Waals surface area contributed by atoms with E-state index >= 15 is 0 Å². The molecule has 3 aromatic heterocycles. The minimum atomic E-state index is -0.530. The lowest BCUT2D eigenvalue weighted by molar-refractivity contribution is -0.123. The van der Waals surface area contributed by atoms with Gasteiger partial charge < -0.3 is 25.6 Å². The maximum Gasteiger partial charge on any atom is 0.287 e. The van der Waals surface area contributed by atoms with Crippen molar-refractivity contribution in [1.82, 2.24) is 29.5 Å². The molecule has 5 rings (SSSR count). The topological polar surface area (TPSA) is 151 Å². The summed E-state index contributed by atoms with van der Waals surface area (Å²) in [5.41, 5.74) is 1.31. The number of hydrogen-bond donors (Lipinski definition) is 4. The number of amides is 3. The van der Waals surface area contributed by atoms with Crippen LogP contribution in [-0.2, 0) is 17.9 Å². The summed E-state index contributed by atoms with van der Waals surface area (Å²) in [6, 6.07) is 9.97. The average molecular weight is 478 g/mol. The lowest BCUT2D eigenvalue weighted by Gasteiger charge is -2.24. The Kier molecular flexibility index (Phi) is 5.42. The van der Waals surface area contributed by atoms with Crippen LogP contribution in [0.25, 0.3) is 10.1 Å². The monoisotopic (exact) mass is 477 g/mol. The number of rotatable bonds is 5. The number of fused-ring (bicyclic) bond motifs is 2. The number of hydrogen-bond acceptors (Lipinski definition) is 8. The van der Waals surface area contributed by atoms with Crippen LogP contribution < -0.4 is 16.0 Å². The Morgan fingerprint density at radius 2 is 2.06 bits per heavy atom. The van der Waals surface area contributed by atoms with Gasteiger partial charge in [0, 0.05) is 5.39 Å². The fourth-order valence-electron chi connectivity index (χ4n) is 3.82. The van der Waals surface area contributed by atoms with Crippen LogP contribution in [0, 0.1) is 0 Å². The predicted molar refractivity (Wildman–Crippen MR) is 123 cm³/mol. The van der Waals surface area contributed by atoms with Gasteiger partial charge in [0.15, 0.2) is 5.82 Å². The highest BCUT2D eigenvalue weighted by molar-refractivity contribution is 7.13. The van der Waals surface area contributed by atoms with Crippen molar-refractivity contribution in [2.24, 2.45) is 0 Å². The molecule has 11 nitrogen and oxygen atoms in total. The number of anilines is 1. The lowest BCUT2D eigenvalue weighted by Crippen LogP contribution is -2.39. The molecule has 34 heavy (non-hydrogen) atoms. The minimum Gasteiger partial charge on any atom is -0.506 e. The van der Waals surface area contributed by atoms with E-state index in [1.165, 1.54) is 28.4 Å². The molecule has 0 fully saturated rings. The zero-order chi connectivity index (χ0) is 23.8. The van der Waals surface area contributed by atoms with Crippen molar-refractivity contribution in [2.45, 2.75) is 26.1 Å². The Labute approximate surface area is 197 Å². The number of nitrogens with zero attached hydrogens (tertiary/aromatic N) is 4. The zero-order valence-electron chi connectivity index (χ0n) is 17.9. The molecule has 0 saturated heterocycles. The number of aromatic hydroxyl groups is 1. The molecule has 1 aliphatic heterocycles. The molecule has 4 N–H and O–H groups in total. The molecular weight excluding hydrogens is 458 g/mol. The highest BCUT2D eigenvalue weighted by Gasteiger charge is 2.32. The van der Waals surface area contributed by atoms with Gasteiger partial charge in [-0.1, -0.05) is 18.2 Å². The Balaban J connectivity index is 1.44. The predicted octanol–water partition coefficient (Wildman–Crippen LogP) is 1.97. The highest BCUT2D eigenvalue weighted by atomic mass is 32.1. The number of carbonyl (C=O) groups is 3. The summed E-state index contributed by atoms with van der Waals surface area (Å²) in [7, 11) is 0. The number of pyridine rings is 1. The molecule has 0 spiro atoms. The molecule has 0 saturated carbocycles. The van der Waals surface area contributed by atoms with Crippen LogP contribution in [0.2, 0.25) is 0 Å². The first-order valence-electron chi connectivity index (χ1n) is 10.4. The van der Waals surface area contributed by atoms with Gasteiger partial charge >= 0.3 is 0 Å². The van der Waals surface area contributed by atoms with E-state index < -0.39 is 17.9 Å². The van der Waals surface area contributed by atoms with E-state index in [1.54, 1.807) is 13.0 Å². The third kappa shape index (κ3) is 3.94. The quantitative estimate of drug-likeness (QED) is 0.343. The third-order valence-corrected chi connectivity index (χ3v) is 6.19. The number of aromatic nitrogens is 4. The van der Waals surface area contributed by atoms with Crippen LogP contribution in [0.15, 0.2) is 42.6 Å². The summed E-state index contributed by atoms with van der Waals surface area (Å²) in [6.45, 7) is 1.73. The second-order valence-electron chi connectivity index (χ2n) is 7.72. The lowest BCUT2D eigenvalue weighted by atomic mass is 10.1. The van der Waals surface area contributed by atoms with Crippen LogP contribution >= 0.6 is 11.5 Å². The molecule has 0 bridgehead atoms. The van der Waals surface area contributed by atoms with Gasteiger partial charge in [-0.2, -0.15) is 4.37 Å². The van der Waals surface area contributed by atoms with Gasteiger partial charge in [-0.05, 0) is 36.7 Å². The summed E-state index contributed by atoms with van der Waals surface area (Å²) in [5, 5.41) is 18.4. The molecule has 1 aliphatic rings. The molecule has 3 amide bonds. The smallest absolute Gasteiger partial charge is 0.287 e. The largest absolute Gasteiger partial charge is 0.506 e. The first kappa shape index (κ1) is 21.5. The van der Waals surface area contributed by atoms with Crippen LogP contribution in [0.3, 0.4) is 0 Å². The number of imidazole rings is 1. The summed E-state index contributed by atoms with van der Waals surface area (Å²) >= 11 is 1.22. The summed E-state index contributed by atoms with van der Waals surface area (Å²) < 4.78 is 6.64. The van der Waals surface area contributed by atoms with E-state index in [1.807, 2.05) is 24.3 Å². The van der Waals surface area contributed by atoms with Crippen LogP contribution in [0.1, 0.15) is 45.5 Å². The van der Waals surface area contributed by atoms with Crippen molar-refractivity contribution in [3.63, 3.8) is 0 Å². The number of benzene rings is 1. The van der Waals surface area contributed by atoms with Crippen LogP contribution in [0.4, 0.5) is 5.82 Å². The Hall–Kier alpha value is -4.32. The highest BCUT2D eigenvalue weighted by Crippen LogP contribution is 2.29. The molecule has 4 heterocycles. The van der Waals surface area contributed by atoms with Gasteiger partial charge in [0.2, 0.25) is 11.7 Å². The standard InChI is InChI=1S/C22H19N7O4S/c1-11-18-19(27-21(32)17-14-4-2-3-5-15(14)34-28-17)26-20(29(18)10-16(31)25-11)22(33)24-8-12-6-7-13(30)9-23-12/h2-7,9,11,30H,8,10H2,1H3,(H,24,33)(H,25,31)(H,27,32)/t11-/m0/s1. The fourth-order valence-corrected chi connectivity index (χ4v) is 4.59. The van der Waals surface area contributed by atoms with E-state index in [0.717, 1.165) is 10.1 Å². The van der Waals surface area contributed by atoms with Gasteiger partial charge in [0.25, 0.3) is 11.8 Å². The van der Waals surface area contributed by atoms with E-state index in [4.69, 9.17) is 0 Å². The van der Waals surface area contributed by atoms with Gasteiger partial charge in [0.1, 0.15) is 18.0 Å². The van der Waals surface area contributed by atoms with Crippen molar-refractivity contribution < 1.29 is 19.5 Å². The average Bonchev–Trinajstić information content (AvgIpc) is 3.40. The summed E-state index contributed by atoms with van der Waals surface area (Å²) in [4.78, 5) is 46.6. The number of carbonyl (C=O) groups excluding carboxylic acids is 3.